The van der Waals surface area contributed by atoms with Crippen LogP contribution in [0, 0.1) is 6.92 Å². The number of alkyl halides is 3. The number of carbonyl (C=O) groups is 1. The molecule has 3 rings (SSSR count). The number of nitrogens with one attached hydrogen (secondary N) is 2. The molecule has 150 valence electrons. The molecule has 0 unspecified atom stereocenters. The van der Waals surface area contributed by atoms with Gasteiger partial charge < -0.3 is 15.5 Å². The largest absolute Gasteiger partial charge is 0.416 e. The van der Waals surface area contributed by atoms with Gasteiger partial charge in [-0.1, -0.05) is 0 Å². The summed E-state index contributed by atoms with van der Waals surface area (Å²) in [5.74, 6) is 0.949. The molecule has 1 saturated heterocycles. The Morgan fingerprint density at radius 2 is 1.79 bits per heavy atom. The Labute approximate surface area is 161 Å². The molecule has 0 bridgehead atoms. The van der Waals surface area contributed by atoms with E-state index in [-0.39, 0.29) is 12.1 Å². The number of aromatic nitrogens is 2. The lowest BCUT2D eigenvalue weighted by Gasteiger charge is -2.17. The van der Waals surface area contributed by atoms with Crippen molar-refractivity contribution in [1.29, 1.82) is 0 Å². The summed E-state index contributed by atoms with van der Waals surface area (Å²) in [6.45, 7) is 4.56. The highest BCUT2D eigenvalue weighted by molar-refractivity contribution is 5.94. The van der Waals surface area contributed by atoms with Crippen LogP contribution in [-0.2, 0) is 6.18 Å². The van der Waals surface area contributed by atoms with Crippen molar-refractivity contribution in [2.45, 2.75) is 25.9 Å². The van der Waals surface area contributed by atoms with Crippen molar-refractivity contribution < 1.29 is 18.0 Å². The molecule has 1 aliphatic rings. The van der Waals surface area contributed by atoms with E-state index in [9.17, 15) is 18.0 Å². The van der Waals surface area contributed by atoms with Crippen molar-refractivity contribution in [1.82, 2.24) is 15.3 Å². The lowest BCUT2D eigenvalue weighted by molar-refractivity contribution is -0.137. The zero-order valence-electron chi connectivity index (χ0n) is 15.5. The van der Waals surface area contributed by atoms with Gasteiger partial charge in [0.1, 0.15) is 5.82 Å². The van der Waals surface area contributed by atoms with Gasteiger partial charge in [0.2, 0.25) is 5.95 Å². The third kappa shape index (κ3) is 5.11. The Balaban J connectivity index is 1.49. The van der Waals surface area contributed by atoms with Gasteiger partial charge in [-0.15, -0.1) is 0 Å². The predicted octanol–water partition coefficient (Wildman–Crippen LogP) is 3.25. The molecule has 2 aromatic rings. The normalized spacial score (nSPS) is 14.2. The van der Waals surface area contributed by atoms with Gasteiger partial charge in [-0.3, -0.25) is 4.79 Å². The van der Waals surface area contributed by atoms with Gasteiger partial charge in [0, 0.05) is 43.5 Å². The Morgan fingerprint density at radius 3 is 2.43 bits per heavy atom. The lowest BCUT2D eigenvalue weighted by Crippen LogP contribution is -2.29. The van der Waals surface area contributed by atoms with E-state index in [2.05, 4.69) is 25.5 Å². The summed E-state index contributed by atoms with van der Waals surface area (Å²) in [7, 11) is 0. The molecule has 9 heteroatoms. The van der Waals surface area contributed by atoms with E-state index in [4.69, 9.17) is 0 Å². The summed E-state index contributed by atoms with van der Waals surface area (Å²) in [5, 5.41) is 5.74. The average Bonchev–Trinajstić information content (AvgIpc) is 3.19. The van der Waals surface area contributed by atoms with E-state index in [1.165, 1.54) is 0 Å². The van der Waals surface area contributed by atoms with Gasteiger partial charge in [-0.05, 0) is 44.0 Å². The molecule has 0 aliphatic carbocycles. The van der Waals surface area contributed by atoms with Gasteiger partial charge in [0.05, 0.1) is 5.56 Å². The fourth-order valence-electron chi connectivity index (χ4n) is 3.00. The van der Waals surface area contributed by atoms with E-state index in [0.717, 1.165) is 61.7 Å². The van der Waals surface area contributed by atoms with Crippen LogP contribution in [0.5, 0.6) is 0 Å². The first-order valence-electron chi connectivity index (χ1n) is 9.13. The molecule has 1 aromatic carbocycles. The number of benzene rings is 1. The molecule has 1 amide bonds. The molecule has 1 fully saturated rings. The summed E-state index contributed by atoms with van der Waals surface area (Å²) in [6.07, 6.45) is -2.11. The quantitative estimate of drug-likeness (QED) is 0.738. The molecule has 0 saturated carbocycles. The minimum Gasteiger partial charge on any atom is -0.356 e. The second-order valence-electron chi connectivity index (χ2n) is 6.64. The topological polar surface area (TPSA) is 70.2 Å². The van der Waals surface area contributed by atoms with E-state index in [0.29, 0.717) is 12.5 Å². The van der Waals surface area contributed by atoms with Crippen molar-refractivity contribution in [3.05, 3.63) is 47.2 Å². The number of aryl methyl sites for hydroxylation is 1. The standard InChI is InChI=1S/C19H22F3N5O/c1-13-12-16(27-10-2-3-11-27)26-18(25-13)24-9-8-23-17(28)14-4-6-15(7-5-14)19(20,21)22/h4-7,12H,2-3,8-11H2,1H3,(H,23,28)(H,24,25,26). The van der Waals surface area contributed by atoms with E-state index >= 15 is 0 Å². The van der Waals surface area contributed by atoms with Crippen LogP contribution in [0.15, 0.2) is 30.3 Å². The van der Waals surface area contributed by atoms with Crippen molar-refractivity contribution in [2.75, 3.05) is 36.4 Å². The number of halogens is 3. The minimum absolute atomic E-state index is 0.177. The molecule has 2 heterocycles. The first-order chi connectivity index (χ1) is 13.3. The first-order valence-corrected chi connectivity index (χ1v) is 9.13. The summed E-state index contributed by atoms with van der Waals surface area (Å²) in [5.41, 5.74) is 0.250. The molecule has 2 N–H and O–H groups in total. The number of rotatable bonds is 6. The number of anilines is 2. The molecule has 28 heavy (non-hydrogen) atoms. The fourth-order valence-corrected chi connectivity index (χ4v) is 3.00. The van der Waals surface area contributed by atoms with Gasteiger partial charge in [-0.25, -0.2) is 4.98 Å². The van der Waals surface area contributed by atoms with Crippen molar-refractivity contribution >= 4 is 17.7 Å². The molecule has 1 aliphatic heterocycles. The average molecular weight is 393 g/mol. The van der Waals surface area contributed by atoms with Crippen LogP contribution < -0.4 is 15.5 Å². The smallest absolute Gasteiger partial charge is 0.356 e. The van der Waals surface area contributed by atoms with Gasteiger partial charge in [-0.2, -0.15) is 18.2 Å². The van der Waals surface area contributed by atoms with Crippen molar-refractivity contribution in [2.24, 2.45) is 0 Å². The Hall–Kier alpha value is -2.84. The maximum Gasteiger partial charge on any atom is 0.416 e. The van der Waals surface area contributed by atoms with Gasteiger partial charge in [0.25, 0.3) is 5.91 Å². The maximum atomic E-state index is 12.6. The number of hydrogen-bond donors (Lipinski definition) is 2. The number of nitrogens with zero attached hydrogens (tertiary/aromatic N) is 3. The summed E-state index contributed by atoms with van der Waals surface area (Å²) in [6, 6.07) is 6.07. The third-order valence-corrected chi connectivity index (χ3v) is 4.44. The lowest BCUT2D eigenvalue weighted by atomic mass is 10.1. The zero-order chi connectivity index (χ0) is 20.1. The second-order valence-corrected chi connectivity index (χ2v) is 6.64. The fraction of sp³-hybridized carbons (Fsp3) is 0.421. The highest BCUT2D eigenvalue weighted by Gasteiger charge is 2.30. The maximum absolute atomic E-state index is 12.6. The van der Waals surface area contributed by atoms with Crippen molar-refractivity contribution in [3.63, 3.8) is 0 Å². The first kappa shape index (κ1) is 19.9. The molecular formula is C19H22F3N5O. The van der Waals surface area contributed by atoms with Crippen LogP contribution in [0.25, 0.3) is 0 Å². The van der Waals surface area contributed by atoms with Crippen LogP contribution in [0.1, 0.15) is 34.5 Å². The van der Waals surface area contributed by atoms with Crippen LogP contribution in [-0.4, -0.2) is 42.1 Å². The van der Waals surface area contributed by atoms with Crippen LogP contribution in [0.3, 0.4) is 0 Å². The third-order valence-electron chi connectivity index (χ3n) is 4.44. The Kier molecular flexibility index (Phi) is 6.01. The Morgan fingerprint density at radius 1 is 1.11 bits per heavy atom. The molecular weight excluding hydrogens is 371 g/mol. The van der Waals surface area contributed by atoms with Crippen LogP contribution >= 0.6 is 0 Å². The van der Waals surface area contributed by atoms with Crippen LogP contribution in [0.4, 0.5) is 24.9 Å². The molecule has 0 atom stereocenters. The SMILES string of the molecule is Cc1cc(N2CCCC2)nc(NCCNC(=O)c2ccc(C(F)(F)F)cc2)n1. The highest BCUT2D eigenvalue weighted by Crippen LogP contribution is 2.29. The van der Waals surface area contributed by atoms with E-state index in [1.807, 2.05) is 13.0 Å². The van der Waals surface area contributed by atoms with Crippen LogP contribution in [0.2, 0.25) is 0 Å². The molecule has 6 nitrogen and oxygen atoms in total. The molecule has 0 radical (unpaired) electrons. The number of hydrogen-bond acceptors (Lipinski definition) is 5. The van der Waals surface area contributed by atoms with Gasteiger partial charge in [0.15, 0.2) is 0 Å². The monoisotopic (exact) mass is 393 g/mol. The Bertz CT molecular complexity index is 817. The number of amides is 1. The summed E-state index contributed by atoms with van der Waals surface area (Å²) < 4.78 is 37.7. The van der Waals surface area contributed by atoms with Crippen molar-refractivity contribution in [3.8, 4) is 0 Å². The van der Waals surface area contributed by atoms with E-state index in [1.54, 1.807) is 0 Å². The van der Waals surface area contributed by atoms with Gasteiger partial charge >= 0.3 is 6.18 Å². The number of carbonyl (C=O) groups excluding carboxylic acids is 1. The summed E-state index contributed by atoms with van der Waals surface area (Å²) >= 11 is 0. The summed E-state index contributed by atoms with van der Waals surface area (Å²) in [4.78, 5) is 23.1. The highest BCUT2D eigenvalue weighted by atomic mass is 19.4. The molecule has 0 spiro atoms. The molecule has 1 aromatic heterocycles. The van der Waals surface area contributed by atoms with E-state index < -0.39 is 17.6 Å². The zero-order valence-corrected chi connectivity index (χ0v) is 15.5. The predicted molar refractivity (Wildman–Crippen MR) is 100 cm³/mol. The second kappa shape index (κ2) is 8.45. The minimum atomic E-state index is -4.42.